The van der Waals surface area contributed by atoms with Crippen molar-refractivity contribution in [3.8, 4) is 0 Å². The molecule has 0 saturated carbocycles. The molecular formula is C18H18BrNO6S. The first-order valence-electron chi connectivity index (χ1n) is 8.30. The summed E-state index contributed by atoms with van der Waals surface area (Å²) in [5, 5.41) is 0. The average Bonchev–Trinajstić information content (AvgIpc) is 3.23. The second-order valence-corrected chi connectivity index (χ2v) is 9.25. The van der Waals surface area contributed by atoms with Crippen molar-refractivity contribution in [3.63, 3.8) is 0 Å². The van der Waals surface area contributed by atoms with E-state index in [4.69, 9.17) is 9.15 Å². The maximum absolute atomic E-state index is 12.7. The summed E-state index contributed by atoms with van der Waals surface area (Å²) in [4.78, 5) is 26.1. The number of halogens is 1. The summed E-state index contributed by atoms with van der Waals surface area (Å²) >= 11 is 3.09. The highest BCUT2D eigenvalue weighted by Gasteiger charge is 2.35. The summed E-state index contributed by atoms with van der Waals surface area (Å²) < 4.78 is 34.2. The first kappa shape index (κ1) is 19.6. The van der Waals surface area contributed by atoms with Crippen molar-refractivity contribution in [2.75, 3.05) is 18.1 Å². The molecule has 1 saturated heterocycles. The molecule has 144 valence electrons. The van der Waals surface area contributed by atoms with Crippen LogP contribution in [-0.4, -0.2) is 49.3 Å². The van der Waals surface area contributed by atoms with E-state index in [0.29, 0.717) is 11.1 Å². The molecule has 1 aromatic carbocycles. The number of carbonyl (C=O) groups is 2. The van der Waals surface area contributed by atoms with Crippen LogP contribution in [0, 0.1) is 0 Å². The minimum Gasteiger partial charge on any atom is -0.450 e. The van der Waals surface area contributed by atoms with Gasteiger partial charge in [-0.05, 0) is 40.0 Å². The van der Waals surface area contributed by atoms with Crippen molar-refractivity contribution in [1.82, 2.24) is 4.90 Å². The molecule has 0 radical (unpaired) electrons. The first-order chi connectivity index (χ1) is 12.8. The second kappa shape index (κ2) is 8.26. The number of nitrogens with zero attached hydrogens (tertiary/aromatic N) is 1. The highest BCUT2D eigenvalue weighted by Crippen LogP contribution is 2.21. The molecule has 1 fully saturated rings. The van der Waals surface area contributed by atoms with Crippen molar-refractivity contribution in [1.29, 1.82) is 0 Å². The number of benzene rings is 1. The number of hydrogen-bond donors (Lipinski definition) is 0. The Morgan fingerprint density at radius 1 is 1.19 bits per heavy atom. The van der Waals surface area contributed by atoms with Crippen molar-refractivity contribution in [3.05, 3.63) is 58.5 Å². The van der Waals surface area contributed by atoms with Gasteiger partial charge in [-0.25, -0.2) is 13.2 Å². The Morgan fingerprint density at radius 3 is 2.52 bits per heavy atom. The molecule has 1 unspecified atom stereocenters. The lowest BCUT2D eigenvalue weighted by Crippen LogP contribution is -2.42. The summed E-state index contributed by atoms with van der Waals surface area (Å²) in [5.41, 5.74) is 0.872. The summed E-state index contributed by atoms with van der Waals surface area (Å²) in [6.07, 6.45) is 0.375. The number of ether oxygens (including phenoxy) is 1. The number of hydrogen-bond acceptors (Lipinski definition) is 6. The van der Waals surface area contributed by atoms with Gasteiger partial charge in [-0.2, -0.15) is 0 Å². The number of sulfone groups is 1. The quantitative estimate of drug-likeness (QED) is 0.620. The van der Waals surface area contributed by atoms with Crippen LogP contribution in [0.4, 0.5) is 0 Å². The van der Waals surface area contributed by atoms with Gasteiger partial charge < -0.3 is 14.1 Å². The van der Waals surface area contributed by atoms with E-state index in [1.54, 1.807) is 6.07 Å². The van der Waals surface area contributed by atoms with Crippen molar-refractivity contribution in [2.45, 2.75) is 19.0 Å². The van der Waals surface area contributed by atoms with Gasteiger partial charge in [-0.15, -0.1) is 0 Å². The molecule has 1 aliphatic heterocycles. The predicted molar refractivity (Wildman–Crippen MR) is 101 cm³/mol. The van der Waals surface area contributed by atoms with Crippen LogP contribution in [0.25, 0.3) is 0 Å². The number of esters is 1. The molecule has 3 rings (SSSR count). The average molecular weight is 456 g/mol. The molecule has 0 bridgehead atoms. The van der Waals surface area contributed by atoms with Crippen molar-refractivity contribution < 1.29 is 27.2 Å². The van der Waals surface area contributed by atoms with Crippen LogP contribution >= 0.6 is 15.9 Å². The zero-order valence-corrected chi connectivity index (χ0v) is 16.7. The van der Waals surface area contributed by atoms with Gasteiger partial charge in [0.1, 0.15) is 0 Å². The minimum absolute atomic E-state index is 0.0206. The Labute approximate surface area is 165 Å². The van der Waals surface area contributed by atoms with E-state index < -0.39 is 34.4 Å². The lowest BCUT2D eigenvalue weighted by molar-refractivity contribution is -0.137. The van der Waals surface area contributed by atoms with E-state index in [9.17, 15) is 18.0 Å². The largest absolute Gasteiger partial charge is 0.450 e. The molecule has 9 heteroatoms. The van der Waals surface area contributed by atoms with Crippen LogP contribution in [0.15, 0.2) is 51.6 Å². The maximum Gasteiger partial charge on any atom is 0.374 e. The van der Waals surface area contributed by atoms with Gasteiger partial charge in [0.25, 0.3) is 5.91 Å². The maximum atomic E-state index is 12.7. The third-order valence-corrected chi connectivity index (χ3v) is 6.44. The highest BCUT2D eigenvalue weighted by molar-refractivity contribution is 9.10. The molecule has 1 aromatic heterocycles. The second-order valence-electron chi connectivity index (χ2n) is 6.24. The van der Waals surface area contributed by atoms with Gasteiger partial charge in [0.2, 0.25) is 5.76 Å². The molecule has 1 amide bonds. The number of amides is 1. The molecule has 0 aliphatic carbocycles. The molecule has 0 N–H and O–H groups in total. The van der Waals surface area contributed by atoms with E-state index >= 15 is 0 Å². The fourth-order valence-electron chi connectivity index (χ4n) is 2.93. The molecule has 0 spiro atoms. The minimum atomic E-state index is -3.16. The Morgan fingerprint density at radius 2 is 1.93 bits per heavy atom. The smallest absolute Gasteiger partial charge is 0.374 e. The monoisotopic (exact) mass is 455 g/mol. The molecule has 2 aromatic rings. The van der Waals surface area contributed by atoms with Crippen LogP contribution in [0.3, 0.4) is 0 Å². The van der Waals surface area contributed by atoms with E-state index in [1.807, 2.05) is 30.3 Å². The fourth-order valence-corrected chi connectivity index (χ4v) is 4.96. The van der Waals surface area contributed by atoms with Crippen molar-refractivity contribution >= 4 is 37.6 Å². The highest BCUT2D eigenvalue weighted by atomic mass is 79.9. The van der Waals surface area contributed by atoms with Crippen LogP contribution in [0.5, 0.6) is 0 Å². The van der Waals surface area contributed by atoms with Gasteiger partial charge in [0.15, 0.2) is 21.1 Å². The van der Waals surface area contributed by atoms with E-state index in [0.717, 1.165) is 5.56 Å². The lowest BCUT2D eigenvalue weighted by atomic mass is 10.1. The Kier molecular flexibility index (Phi) is 6.01. The summed E-state index contributed by atoms with van der Waals surface area (Å²) in [6.45, 7) is -0.232. The molecular weight excluding hydrogens is 438 g/mol. The molecule has 1 atom stereocenters. The van der Waals surface area contributed by atoms with Gasteiger partial charge in [-0.1, -0.05) is 30.3 Å². The fraction of sp³-hybridized carbons (Fsp3) is 0.333. The van der Waals surface area contributed by atoms with E-state index in [-0.39, 0.29) is 23.8 Å². The van der Waals surface area contributed by atoms with Crippen molar-refractivity contribution in [2.24, 2.45) is 0 Å². The molecule has 1 aliphatic rings. The zero-order valence-electron chi connectivity index (χ0n) is 14.3. The third kappa shape index (κ3) is 5.20. The summed E-state index contributed by atoms with van der Waals surface area (Å²) in [6, 6.07) is 11.8. The van der Waals surface area contributed by atoms with E-state index in [2.05, 4.69) is 15.9 Å². The van der Waals surface area contributed by atoms with E-state index in [1.165, 1.54) is 11.0 Å². The van der Waals surface area contributed by atoms with Crippen LogP contribution in [-0.2, 0) is 25.9 Å². The molecule has 7 nitrogen and oxygen atoms in total. The SMILES string of the molecule is O=C(OCC(=O)N(Cc1ccccc1)C1CCS(=O)(=O)C1)c1ccc(Br)o1. The summed E-state index contributed by atoms with van der Waals surface area (Å²) in [5.74, 6) is -1.25. The summed E-state index contributed by atoms with van der Waals surface area (Å²) in [7, 11) is -3.16. The topological polar surface area (TPSA) is 93.9 Å². The normalized spacial score (nSPS) is 18.2. The molecule has 2 heterocycles. The standard InChI is InChI=1S/C18H18BrNO6S/c19-16-7-6-15(26-16)18(22)25-11-17(21)20(10-13-4-2-1-3-5-13)14-8-9-27(23,24)12-14/h1-7,14H,8-12H2. The third-order valence-electron chi connectivity index (χ3n) is 4.27. The van der Waals surface area contributed by atoms with Crippen LogP contribution < -0.4 is 0 Å². The Bertz CT molecular complexity index is 924. The van der Waals surface area contributed by atoms with Crippen LogP contribution in [0.2, 0.25) is 0 Å². The van der Waals surface area contributed by atoms with Gasteiger partial charge in [0.05, 0.1) is 11.5 Å². The number of carbonyl (C=O) groups excluding carboxylic acids is 2. The first-order valence-corrected chi connectivity index (χ1v) is 10.9. The van der Waals surface area contributed by atoms with Gasteiger partial charge >= 0.3 is 5.97 Å². The number of rotatable bonds is 6. The predicted octanol–water partition coefficient (Wildman–Crippen LogP) is 2.41. The Balaban J connectivity index is 1.69. The van der Waals surface area contributed by atoms with Gasteiger partial charge in [-0.3, -0.25) is 4.79 Å². The zero-order chi connectivity index (χ0) is 19.4. The number of furan rings is 1. The van der Waals surface area contributed by atoms with Crippen LogP contribution in [0.1, 0.15) is 22.5 Å². The molecule has 27 heavy (non-hydrogen) atoms. The van der Waals surface area contributed by atoms with Gasteiger partial charge in [0, 0.05) is 12.6 Å². The lowest BCUT2D eigenvalue weighted by Gasteiger charge is -2.28. The Hall–Kier alpha value is -2.13.